The number of rotatable bonds is 3. The monoisotopic (exact) mass is 286 g/mol. The highest BCUT2D eigenvalue weighted by Gasteiger charge is 2.31. The molecule has 0 amide bonds. The maximum atomic E-state index is 13.5. The van der Waals surface area contributed by atoms with Crippen molar-refractivity contribution in [3.8, 4) is 11.6 Å². The highest BCUT2D eigenvalue weighted by atomic mass is 19.4. The molecule has 3 nitrogen and oxygen atoms in total. The number of hydrogen-bond acceptors (Lipinski definition) is 3. The lowest BCUT2D eigenvalue weighted by Crippen LogP contribution is -2.05. The quantitative estimate of drug-likeness (QED) is 0.879. The van der Waals surface area contributed by atoms with Gasteiger partial charge >= 0.3 is 6.18 Å². The second-order valence-corrected chi connectivity index (χ2v) is 3.94. The number of alkyl halides is 3. The van der Waals surface area contributed by atoms with Crippen LogP contribution in [0.15, 0.2) is 36.5 Å². The maximum Gasteiger partial charge on any atom is 0.416 e. The molecule has 0 saturated carbocycles. The first-order valence-corrected chi connectivity index (χ1v) is 5.60. The minimum Gasteiger partial charge on any atom is -0.439 e. The van der Waals surface area contributed by atoms with Gasteiger partial charge in [0.2, 0.25) is 5.88 Å². The van der Waals surface area contributed by atoms with Crippen LogP contribution >= 0.6 is 0 Å². The van der Waals surface area contributed by atoms with Gasteiger partial charge in [-0.2, -0.15) is 13.2 Å². The van der Waals surface area contributed by atoms with Crippen LogP contribution in [0.3, 0.4) is 0 Å². The van der Waals surface area contributed by atoms with Gasteiger partial charge < -0.3 is 10.5 Å². The summed E-state index contributed by atoms with van der Waals surface area (Å²) in [6.45, 7) is 0.0217. The molecular formula is C13H10F4N2O. The molecule has 0 spiro atoms. The Bertz CT molecular complexity index is 614. The first-order valence-electron chi connectivity index (χ1n) is 5.60. The third kappa shape index (κ3) is 3.24. The highest BCUT2D eigenvalue weighted by molar-refractivity contribution is 5.33. The summed E-state index contributed by atoms with van der Waals surface area (Å²) in [4.78, 5) is 3.65. The summed E-state index contributed by atoms with van der Waals surface area (Å²) >= 11 is 0. The van der Waals surface area contributed by atoms with Crippen LogP contribution in [0.25, 0.3) is 0 Å². The number of pyridine rings is 1. The molecule has 0 bridgehead atoms. The summed E-state index contributed by atoms with van der Waals surface area (Å²) in [7, 11) is 0. The SMILES string of the molecule is NCc1ccc(Oc2cc(C(F)(F)F)ccn2)cc1F. The maximum absolute atomic E-state index is 13.5. The third-order valence-electron chi connectivity index (χ3n) is 2.53. The molecule has 0 fully saturated rings. The van der Waals surface area contributed by atoms with Gasteiger partial charge in [0.15, 0.2) is 0 Å². The van der Waals surface area contributed by atoms with Crippen LogP contribution in [0.4, 0.5) is 17.6 Å². The number of nitrogens with two attached hydrogens (primary N) is 1. The number of nitrogens with zero attached hydrogens (tertiary/aromatic N) is 1. The zero-order chi connectivity index (χ0) is 14.8. The van der Waals surface area contributed by atoms with E-state index in [1.807, 2.05) is 0 Å². The molecule has 1 aromatic heterocycles. The van der Waals surface area contributed by atoms with Crippen LogP contribution in [0.1, 0.15) is 11.1 Å². The van der Waals surface area contributed by atoms with Gasteiger partial charge in [-0.25, -0.2) is 9.37 Å². The molecular weight excluding hydrogens is 276 g/mol. The Labute approximate surface area is 112 Å². The van der Waals surface area contributed by atoms with E-state index in [9.17, 15) is 17.6 Å². The second-order valence-electron chi connectivity index (χ2n) is 3.94. The Morgan fingerprint density at radius 2 is 1.90 bits per heavy atom. The van der Waals surface area contributed by atoms with Crippen LogP contribution in [0, 0.1) is 5.82 Å². The first-order chi connectivity index (χ1) is 9.40. The zero-order valence-electron chi connectivity index (χ0n) is 10.1. The van der Waals surface area contributed by atoms with Crippen molar-refractivity contribution in [2.45, 2.75) is 12.7 Å². The van der Waals surface area contributed by atoms with Gasteiger partial charge in [0.1, 0.15) is 11.6 Å². The smallest absolute Gasteiger partial charge is 0.416 e. The lowest BCUT2D eigenvalue weighted by molar-refractivity contribution is -0.137. The Balaban J connectivity index is 2.24. The van der Waals surface area contributed by atoms with Gasteiger partial charge in [-0.15, -0.1) is 0 Å². The van der Waals surface area contributed by atoms with Crippen molar-refractivity contribution in [1.29, 1.82) is 0 Å². The Kier molecular flexibility index (Phi) is 3.89. The normalized spacial score (nSPS) is 11.4. The molecule has 0 radical (unpaired) electrons. The van der Waals surface area contributed by atoms with Crippen LogP contribution in [-0.2, 0) is 12.7 Å². The number of aromatic nitrogens is 1. The molecule has 1 aromatic carbocycles. The molecule has 7 heteroatoms. The molecule has 0 aliphatic heterocycles. The van der Waals surface area contributed by atoms with Crippen LogP contribution < -0.4 is 10.5 Å². The Hall–Kier alpha value is -2.15. The summed E-state index contributed by atoms with van der Waals surface area (Å²) in [5, 5.41) is 0. The summed E-state index contributed by atoms with van der Waals surface area (Å²) in [5.41, 5.74) is 4.70. The molecule has 0 atom stereocenters. The Morgan fingerprint density at radius 1 is 1.15 bits per heavy atom. The fraction of sp³-hybridized carbons (Fsp3) is 0.154. The van der Waals surface area contributed by atoms with Gasteiger partial charge in [-0.1, -0.05) is 6.07 Å². The summed E-state index contributed by atoms with van der Waals surface area (Å²) in [6, 6.07) is 5.43. The predicted molar refractivity (Wildman–Crippen MR) is 63.6 cm³/mol. The van der Waals surface area contributed by atoms with Crippen molar-refractivity contribution in [3.05, 3.63) is 53.5 Å². The van der Waals surface area contributed by atoms with Crippen molar-refractivity contribution in [2.24, 2.45) is 5.73 Å². The van der Waals surface area contributed by atoms with Gasteiger partial charge in [0, 0.05) is 30.4 Å². The topological polar surface area (TPSA) is 48.1 Å². The van der Waals surface area contributed by atoms with Crippen molar-refractivity contribution in [2.75, 3.05) is 0 Å². The van der Waals surface area contributed by atoms with Crippen molar-refractivity contribution in [3.63, 3.8) is 0 Å². The fourth-order valence-corrected chi connectivity index (χ4v) is 1.52. The van der Waals surface area contributed by atoms with Crippen LogP contribution in [0.2, 0.25) is 0 Å². The average molecular weight is 286 g/mol. The lowest BCUT2D eigenvalue weighted by Gasteiger charge is -2.09. The summed E-state index contributed by atoms with van der Waals surface area (Å²) in [5.74, 6) is -0.803. The largest absolute Gasteiger partial charge is 0.439 e. The molecule has 20 heavy (non-hydrogen) atoms. The van der Waals surface area contributed by atoms with Gasteiger partial charge in [-0.3, -0.25) is 0 Å². The molecule has 0 aliphatic rings. The minimum atomic E-state index is -4.49. The second kappa shape index (κ2) is 5.46. The number of benzene rings is 1. The third-order valence-corrected chi connectivity index (χ3v) is 2.53. The summed E-state index contributed by atoms with van der Waals surface area (Å²) in [6.07, 6.45) is -3.52. The molecule has 1 heterocycles. The van der Waals surface area contributed by atoms with Crippen molar-refractivity contribution in [1.82, 2.24) is 4.98 Å². The minimum absolute atomic E-state index is 0.0217. The number of hydrogen-bond donors (Lipinski definition) is 1. The summed E-state index contributed by atoms with van der Waals surface area (Å²) < 4.78 is 56.1. The average Bonchev–Trinajstić information content (AvgIpc) is 2.38. The van der Waals surface area contributed by atoms with E-state index in [4.69, 9.17) is 10.5 Å². The van der Waals surface area contributed by atoms with Crippen molar-refractivity contribution >= 4 is 0 Å². The van der Waals surface area contributed by atoms with Gasteiger partial charge in [0.05, 0.1) is 5.56 Å². The first kappa shape index (κ1) is 14.3. The highest BCUT2D eigenvalue weighted by Crippen LogP contribution is 2.31. The molecule has 2 aromatic rings. The molecule has 0 aliphatic carbocycles. The fourth-order valence-electron chi connectivity index (χ4n) is 1.52. The van der Waals surface area contributed by atoms with Crippen LogP contribution in [0.5, 0.6) is 11.6 Å². The van der Waals surface area contributed by atoms with E-state index in [1.165, 1.54) is 12.1 Å². The van der Waals surface area contributed by atoms with E-state index < -0.39 is 17.6 Å². The van der Waals surface area contributed by atoms with Crippen LogP contribution in [-0.4, -0.2) is 4.98 Å². The van der Waals surface area contributed by atoms with E-state index in [2.05, 4.69) is 4.98 Å². The van der Waals surface area contributed by atoms with E-state index in [0.29, 0.717) is 0 Å². The predicted octanol–water partition coefficient (Wildman–Crippen LogP) is 3.49. The number of halogens is 4. The standard InChI is InChI=1S/C13H10F4N2O/c14-11-6-10(2-1-8(11)7-18)20-12-5-9(3-4-19-12)13(15,16)17/h1-6H,7,18H2. The molecule has 2 rings (SSSR count). The van der Waals surface area contributed by atoms with Gasteiger partial charge in [-0.05, 0) is 12.1 Å². The Morgan fingerprint density at radius 3 is 2.50 bits per heavy atom. The molecule has 2 N–H and O–H groups in total. The van der Waals surface area contributed by atoms with E-state index in [1.54, 1.807) is 0 Å². The van der Waals surface area contributed by atoms with E-state index in [-0.39, 0.29) is 23.7 Å². The molecule has 0 unspecified atom stereocenters. The lowest BCUT2D eigenvalue weighted by atomic mass is 10.2. The van der Waals surface area contributed by atoms with Gasteiger partial charge in [0.25, 0.3) is 0 Å². The van der Waals surface area contributed by atoms with E-state index >= 15 is 0 Å². The van der Waals surface area contributed by atoms with Crippen molar-refractivity contribution < 1.29 is 22.3 Å². The molecule has 0 saturated heterocycles. The zero-order valence-corrected chi connectivity index (χ0v) is 10.1. The van der Waals surface area contributed by atoms with E-state index in [0.717, 1.165) is 24.4 Å². The number of ether oxygens (including phenoxy) is 1. The molecule has 106 valence electrons.